The minimum Gasteiger partial charge on any atom is -0.497 e. The first kappa shape index (κ1) is 27.3. The Morgan fingerprint density at radius 1 is 1.03 bits per heavy atom. The number of benzene rings is 3. The molecule has 0 radical (unpaired) electrons. The molecule has 0 saturated heterocycles. The zero-order valence-corrected chi connectivity index (χ0v) is 22.3. The predicted molar refractivity (Wildman–Crippen MR) is 142 cm³/mol. The molecule has 0 spiro atoms. The summed E-state index contributed by atoms with van der Waals surface area (Å²) >= 11 is 0. The number of fused-ring (bicyclic) bond motifs is 1. The largest absolute Gasteiger partial charge is 0.497 e. The molecule has 1 amide bonds. The number of halogens is 1. The molecule has 1 aliphatic rings. The third-order valence-electron chi connectivity index (χ3n) is 6.05. The van der Waals surface area contributed by atoms with Gasteiger partial charge in [0.2, 0.25) is 5.91 Å². The van der Waals surface area contributed by atoms with Crippen molar-refractivity contribution in [2.24, 2.45) is 5.92 Å². The van der Waals surface area contributed by atoms with Crippen LogP contribution >= 0.6 is 0 Å². The number of carbonyl (C=O) groups excluding carboxylic acids is 1. The van der Waals surface area contributed by atoms with E-state index in [0.29, 0.717) is 24.5 Å². The van der Waals surface area contributed by atoms with Crippen molar-refractivity contribution < 1.29 is 31.8 Å². The van der Waals surface area contributed by atoms with E-state index in [-0.39, 0.29) is 34.9 Å². The van der Waals surface area contributed by atoms with Gasteiger partial charge >= 0.3 is 0 Å². The number of anilines is 1. The van der Waals surface area contributed by atoms with Crippen LogP contribution in [0.1, 0.15) is 31.9 Å². The summed E-state index contributed by atoms with van der Waals surface area (Å²) in [6, 6.07) is 16.4. The van der Waals surface area contributed by atoms with E-state index in [1.165, 1.54) is 36.4 Å². The number of ether oxygens (including phenoxy) is 3. The van der Waals surface area contributed by atoms with E-state index in [1.807, 2.05) is 26.0 Å². The Bertz CT molecular complexity index is 1380. The van der Waals surface area contributed by atoms with Gasteiger partial charge in [-0.15, -0.1) is 0 Å². The molecule has 4 rings (SSSR count). The van der Waals surface area contributed by atoms with Crippen molar-refractivity contribution in [2.75, 3.05) is 31.2 Å². The Hall–Kier alpha value is -3.79. The molecule has 1 heterocycles. The van der Waals surface area contributed by atoms with Crippen LogP contribution in [0.3, 0.4) is 0 Å². The number of nitrogens with zero attached hydrogens (tertiary/aromatic N) is 1. The number of sulfonamides is 1. The van der Waals surface area contributed by atoms with Crippen molar-refractivity contribution in [3.05, 3.63) is 78.1 Å². The average molecular weight is 543 g/mol. The zero-order valence-electron chi connectivity index (χ0n) is 21.5. The van der Waals surface area contributed by atoms with Crippen molar-refractivity contribution in [1.29, 1.82) is 0 Å². The van der Waals surface area contributed by atoms with Crippen molar-refractivity contribution in [3.8, 4) is 17.2 Å². The topological polar surface area (TPSA) is 94.2 Å². The number of methoxy groups -OCH3 is 1. The third kappa shape index (κ3) is 6.36. The molecule has 1 unspecified atom stereocenters. The maximum Gasteiger partial charge on any atom is 0.264 e. The van der Waals surface area contributed by atoms with Gasteiger partial charge < -0.3 is 19.5 Å². The molecule has 38 heavy (non-hydrogen) atoms. The molecule has 1 aliphatic heterocycles. The number of carbonyl (C=O) groups is 1. The second-order valence-corrected chi connectivity index (χ2v) is 11.2. The molecular weight excluding hydrogens is 511 g/mol. The highest BCUT2D eigenvalue weighted by molar-refractivity contribution is 7.92. The first-order chi connectivity index (χ1) is 18.2. The summed E-state index contributed by atoms with van der Waals surface area (Å²) in [6.45, 7) is 4.17. The molecule has 0 aromatic heterocycles. The van der Waals surface area contributed by atoms with Crippen molar-refractivity contribution in [2.45, 2.75) is 31.2 Å². The Morgan fingerprint density at radius 2 is 1.74 bits per heavy atom. The van der Waals surface area contributed by atoms with Crippen LogP contribution in [-0.4, -0.2) is 41.2 Å². The molecule has 0 aliphatic carbocycles. The first-order valence-corrected chi connectivity index (χ1v) is 13.7. The van der Waals surface area contributed by atoms with Crippen LogP contribution in [0.15, 0.2) is 71.6 Å². The van der Waals surface area contributed by atoms with E-state index < -0.39 is 28.3 Å². The van der Waals surface area contributed by atoms with E-state index in [4.69, 9.17) is 14.2 Å². The van der Waals surface area contributed by atoms with Crippen molar-refractivity contribution in [3.63, 3.8) is 0 Å². The highest BCUT2D eigenvalue weighted by Crippen LogP contribution is 2.34. The van der Waals surface area contributed by atoms with Crippen molar-refractivity contribution in [1.82, 2.24) is 5.32 Å². The summed E-state index contributed by atoms with van der Waals surface area (Å²) < 4.78 is 58.9. The van der Waals surface area contributed by atoms with Gasteiger partial charge in [-0.2, -0.15) is 0 Å². The van der Waals surface area contributed by atoms with Gasteiger partial charge in [0, 0.05) is 6.07 Å². The maximum absolute atomic E-state index is 14.1. The lowest BCUT2D eigenvalue weighted by atomic mass is 9.97. The normalized spacial score (nSPS) is 13.6. The maximum atomic E-state index is 14.1. The molecular formula is C28H31FN2O6S. The number of hydrogen-bond acceptors (Lipinski definition) is 6. The third-order valence-corrected chi connectivity index (χ3v) is 7.82. The average Bonchev–Trinajstić information content (AvgIpc) is 2.90. The fourth-order valence-electron chi connectivity index (χ4n) is 4.21. The molecule has 10 heteroatoms. The molecule has 202 valence electrons. The number of rotatable bonds is 10. The Morgan fingerprint density at radius 3 is 2.39 bits per heavy atom. The minimum atomic E-state index is -4.28. The second kappa shape index (κ2) is 11.7. The molecule has 1 N–H and O–H groups in total. The summed E-state index contributed by atoms with van der Waals surface area (Å²) in [5.41, 5.74) is 0.889. The van der Waals surface area contributed by atoms with Gasteiger partial charge in [0.1, 0.15) is 31.3 Å². The Balaban J connectivity index is 1.64. The van der Waals surface area contributed by atoms with E-state index in [9.17, 15) is 17.6 Å². The van der Waals surface area contributed by atoms with Crippen molar-refractivity contribution >= 4 is 21.6 Å². The monoisotopic (exact) mass is 542 g/mol. The molecule has 3 aromatic carbocycles. The van der Waals surface area contributed by atoms with Crippen LogP contribution in [0.2, 0.25) is 0 Å². The fourth-order valence-corrected chi connectivity index (χ4v) is 5.64. The van der Waals surface area contributed by atoms with Gasteiger partial charge in [0.15, 0.2) is 11.5 Å². The van der Waals surface area contributed by atoms with Crippen LogP contribution in [0.25, 0.3) is 0 Å². The first-order valence-electron chi connectivity index (χ1n) is 12.3. The summed E-state index contributed by atoms with van der Waals surface area (Å²) in [7, 11) is -2.70. The second-order valence-electron chi connectivity index (χ2n) is 9.32. The minimum absolute atomic E-state index is 0.0277. The quantitative estimate of drug-likeness (QED) is 0.399. The molecule has 0 bridgehead atoms. The number of nitrogens with one attached hydrogen (secondary N) is 1. The lowest BCUT2D eigenvalue weighted by molar-refractivity contribution is -0.120. The van der Waals surface area contributed by atoms with E-state index in [2.05, 4.69) is 5.32 Å². The summed E-state index contributed by atoms with van der Waals surface area (Å²) in [5, 5.41) is 2.97. The summed E-state index contributed by atoms with van der Waals surface area (Å²) in [6.07, 6.45) is 0.632. The highest BCUT2D eigenvalue weighted by Gasteiger charge is 2.30. The van der Waals surface area contributed by atoms with Gasteiger partial charge in [-0.25, -0.2) is 12.8 Å². The highest BCUT2D eigenvalue weighted by atomic mass is 32.2. The molecule has 3 aromatic rings. The van der Waals surface area contributed by atoms with E-state index >= 15 is 0 Å². The smallest absolute Gasteiger partial charge is 0.264 e. The van der Waals surface area contributed by atoms with Crippen LogP contribution in [0.5, 0.6) is 17.2 Å². The van der Waals surface area contributed by atoms with Gasteiger partial charge in [0.05, 0.1) is 23.7 Å². The molecule has 0 saturated carbocycles. The fraction of sp³-hybridized carbons (Fsp3) is 0.321. The summed E-state index contributed by atoms with van der Waals surface area (Å²) in [5.74, 6) is 0.506. The van der Waals surface area contributed by atoms with Crippen LogP contribution < -0.4 is 23.8 Å². The Labute approximate surface area is 222 Å². The van der Waals surface area contributed by atoms with E-state index in [1.54, 1.807) is 19.2 Å². The van der Waals surface area contributed by atoms with Crippen LogP contribution in [0, 0.1) is 11.7 Å². The van der Waals surface area contributed by atoms with Gasteiger partial charge in [-0.1, -0.05) is 32.0 Å². The molecule has 0 fully saturated rings. The van der Waals surface area contributed by atoms with Gasteiger partial charge in [0.25, 0.3) is 10.0 Å². The van der Waals surface area contributed by atoms with E-state index in [0.717, 1.165) is 15.9 Å². The van der Waals surface area contributed by atoms with Gasteiger partial charge in [-0.05, 0) is 60.4 Å². The van der Waals surface area contributed by atoms with Crippen LogP contribution in [0.4, 0.5) is 10.1 Å². The number of hydrogen-bond donors (Lipinski definition) is 1. The van der Waals surface area contributed by atoms with Crippen LogP contribution in [-0.2, 0) is 14.8 Å². The number of amides is 1. The Kier molecular flexibility index (Phi) is 8.41. The summed E-state index contributed by atoms with van der Waals surface area (Å²) in [4.78, 5) is 13.2. The zero-order chi connectivity index (χ0) is 27.3. The van der Waals surface area contributed by atoms with Gasteiger partial charge in [-0.3, -0.25) is 9.10 Å². The standard InChI is InChI=1S/C28H31FN2O6S/c1-19(2)15-25(20-7-9-23(35-3)10-8-20)30-28(32)18-31(22-6-4-5-21(29)16-22)38(33,34)24-11-12-26-27(17-24)37-14-13-36-26/h4-12,16-17,19,25H,13-15,18H2,1-3H3,(H,30,32). The predicted octanol–water partition coefficient (Wildman–Crippen LogP) is 4.70. The molecule has 8 nitrogen and oxygen atoms in total. The molecule has 1 atom stereocenters. The lowest BCUT2D eigenvalue weighted by Crippen LogP contribution is -2.42. The SMILES string of the molecule is COc1ccc(C(CC(C)C)NC(=O)CN(c2cccc(F)c2)S(=O)(=O)c2ccc3c(c2)OCCO3)cc1. The lowest BCUT2D eigenvalue weighted by Gasteiger charge is -2.27.